The molecule has 23 heavy (non-hydrogen) atoms. The van der Waals surface area contributed by atoms with E-state index in [0.29, 0.717) is 12.1 Å². The van der Waals surface area contributed by atoms with Gasteiger partial charge < -0.3 is 10.1 Å². The van der Waals surface area contributed by atoms with Crippen molar-refractivity contribution in [3.05, 3.63) is 29.8 Å². The van der Waals surface area contributed by atoms with Crippen LogP contribution in [0.25, 0.3) is 0 Å². The average molecular weight is 335 g/mol. The van der Waals surface area contributed by atoms with Crippen molar-refractivity contribution in [2.45, 2.75) is 55.8 Å². The quantitative estimate of drug-likeness (QED) is 0.869. The Morgan fingerprint density at radius 2 is 2.04 bits per heavy atom. The van der Waals surface area contributed by atoms with Crippen LogP contribution < -0.4 is 10.1 Å². The van der Waals surface area contributed by atoms with Crippen LogP contribution in [0.3, 0.4) is 0 Å². The number of ether oxygens (including phenoxy) is 1. The van der Waals surface area contributed by atoms with Crippen molar-refractivity contribution >= 4 is 16.7 Å². The number of benzene rings is 1. The first-order chi connectivity index (χ1) is 11.1. The van der Waals surface area contributed by atoms with Crippen LogP contribution in [-0.4, -0.2) is 33.8 Å². The molecule has 1 amide bonds. The number of carbonyl (C=O) groups excluding carboxylic acids is 1. The summed E-state index contributed by atoms with van der Waals surface area (Å²) in [6, 6.07) is 7.37. The highest BCUT2D eigenvalue weighted by atomic mass is 32.2. The zero-order valence-electron chi connectivity index (χ0n) is 13.7. The lowest BCUT2D eigenvalue weighted by molar-refractivity contribution is 0.0942. The fourth-order valence-corrected chi connectivity index (χ4v) is 4.53. The summed E-state index contributed by atoms with van der Waals surface area (Å²) >= 11 is 0. The SMILES string of the molecule is CS(=O)C1(CNC(=O)c2cccc(OC3CCCC3)c2)CCC1. The molecule has 0 radical (unpaired) electrons. The van der Waals surface area contributed by atoms with Gasteiger partial charge in [0.05, 0.1) is 10.9 Å². The van der Waals surface area contributed by atoms with Gasteiger partial charge in [0, 0.05) is 29.2 Å². The van der Waals surface area contributed by atoms with Crippen molar-refractivity contribution in [2.75, 3.05) is 12.8 Å². The molecule has 0 heterocycles. The minimum Gasteiger partial charge on any atom is -0.490 e. The highest BCUT2D eigenvalue weighted by Crippen LogP contribution is 2.36. The van der Waals surface area contributed by atoms with Gasteiger partial charge in [-0.15, -0.1) is 0 Å². The van der Waals surface area contributed by atoms with Gasteiger partial charge in [0.15, 0.2) is 0 Å². The third kappa shape index (κ3) is 3.77. The highest BCUT2D eigenvalue weighted by Gasteiger charge is 2.41. The van der Waals surface area contributed by atoms with Gasteiger partial charge in [-0.05, 0) is 56.7 Å². The first-order valence-corrected chi connectivity index (χ1v) is 10.0. The van der Waals surface area contributed by atoms with Gasteiger partial charge in [-0.25, -0.2) is 0 Å². The van der Waals surface area contributed by atoms with Gasteiger partial charge in [0.25, 0.3) is 5.91 Å². The predicted octanol–water partition coefficient (Wildman–Crippen LogP) is 3.04. The second-order valence-corrected chi connectivity index (χ2v) is 8.50. The van der Waals surface area contributed by atoms with E-state index >= 15 is 0 Å². The number of rotatable bonds is 6. The fraction of sp³-hybridized carbons (Fsp3) is 0.611. The van der Waals surface area contributed by atoms with E-state index in [0.717, 1.165) is 37.9 Å². The maximum absolute atomic E-state index is 12.4. The van der Waals surface area contributed by atoms with Gasteiger partial charge in [0.2, 0.25) is 0 Å². The summed E-state index contributed by atoms with van der Waals surface area (Å²) in [5.41, 5.74) is 0.608. The van der Waals surface area contributed by atoms with Crippen LogP contribution in [0.15, 0.2) is 24.3 Å². The van der Waals surface area contributed by atoms with E-state index in [1.807, 2.05) is 18.2 Å². The van der Waals surface area contributed by atoms with E-state index in [4.69, 9.17) is 4.74 Å². The third-order valence-electron chi connectivity index (χ3n) is 5.15. The van der Waals surface area contributed by atoms with Crippen molar-refractivity contribution in [3.8, 4) is 5.75 Å². The maximum Gasteiger partial charge on any atom is 0.251 e. The number of hydrogen-bond acceptors (Lipinski definition) is 3. The van der Waals surface area contributed by atoms with E-state index in [-0.39, 0.29) is 16.8 Å². The molecule has 1 aromatic rings. The topological polar surface area (TPSA) is 55.4 Å². The van der Waals surface area contributed by atoms with E-state index < -0.39 is 10.8 Å². The van der Waals surface area contributed by atoms with Gasteiger partial charge in [-0.3, -0.25) is 9.00 Å². The van der Waals surface area contributed by atoms with E-state index in [1.165, 1.54) is 12.8 Å². The number of hydrogen-bond donors (Lipinski definition) is 1. The molecule has 1 aromatic carbocycles. The van der Waals surface area contributed by atoms with Crippen molar-refractivity contribution in [1.29, 1.82) is 0 Å². The molecule has 1 N–H and O–H groups in total. The first kappa shape index (κ1) is 16.5. The number of nitrogens with one attached hydrogen (secondary N) is 1. The molecule has 2 fully saturated rings. The molecule has 126 valence electrons. The summed E-state index contributed by atoms with van der Waals surface area (Å²) in [6.07, 6.45) is 9.63. The summed E-state index contributed by atoms with van der Waals surface area (Å²) < 4.78 is 17.6. The van der Waals surface area contributed by atoms with Crippen molar-refractivity contribution in [1.82, 2.24) is 5.32 Å². The molecule has 0 bridgehead atoms. The zero-order chi connectivity index (χ0) is 16.3. The molecule has 1 unspecified atom stereocenters. The smallest absolute Gasteiger partial charge is 0.251 e. The van der Waals surface area contributed by atoms with Crippen molar-refractivity contribution < 1.29 is 13.7 Å². The van der Waals surface area contributed by atoms with Crippen LogP contribution in [0, 0.1) is 0 Å². The van der Waals surface area contributed by atoms with Gasteiger partial charge in [0.1, 0.15) is 5.75 Å². The molecule has 3 rings (SSSR count). The lowest BCUT2D eigenvalue weighted by atomic mass is 9.84. The van der Waals surface area contributed by atoms with Crippen LogP contribution in [0.2, 0.25) is 0 Å². The largest absolute Gasteiger partial charge is 0.490 e. The molecule has 0 saturated heterocycles. The molecule has 0 spiro atoms. The Balaban J connectivity index is 1.59. The van der Waals surface area contributed by atoms with Crippen molar-refractivity contribution in [3.63, 3.8) is 0 Å². The Morgan fingerprint density at radius 3 is 2.65 bits per heavy atom. The molecule has 5 heteroatoms. The Labute approximate surface area is 140 Å². The maximum atomic E-state index is 12.4. The van der Waals surface area contributed by atoms with E-state index in [9.17, 15) is 9.00 Å². The lowest BCUT2D eigenvalue weighted by Gasteiger charge is -2.39. The Kier molecular flexibility index (Phi) is 5.05. The first-order valence-electron chi connectivity index (χ1n) is 8.48. The molecule has 4 nitrogen and oxygen atoms in total. The number of amides is 1. The lowest BCUT2D eigenvalue weighted by Crippen LogP contribution is -2.50. The summed E-state index contributed by atoms with van der Waals surface area (Å²) in [5.74, 6) is 0.653. The summed E-state index contributed by atoms with van der Waals surface area (Å²) in [7, 11) is -0.902. The molecule has 0 aliphatic heterocycles. The normalized spacial score (nSPS) is 21.4. The Morgan fingerprint density at radius 1 is 1.30 bits per heavy atom. The van der Waals surface area contributed by atoms with Gasteiger partial charge >= 0.3 is 0 Å². The summed E-state index contributed by atoms with van der Waals surface area (Å²) in [6.45, 7) is 0.489. The number of carbonyl (C=O) groups is 1. The monoisotopic (exact) mass is 335 g/mol. The van der Waals surface area contributed by atoms with Gasteiger partial charge in [-0.2, -0.15) is 0 Å². The molecular formula is C18H25NO3S. The molecule has 2 saturated carbocycles. The highest BCUT2D eigenvalue weighted by molar-refractivity contribution is 7.85. The molecule has 2 aliphatic rings. The minimum absolute atomic E-state index is 0.112. The van der Waals surface area contributed by atoms with Crippen LogP contribution in [0.1, 0.15) is 55.3 Å². The third-order valence-corrected chi connectivity index (χ3v) is 6.92. The van der Waals surface area contributed by atoms with E-state index in [2.05, 4.69) is 5.32 Å². The molecule has 2 aliphatic carbocycles. The molecule has 1 atom stereocenters. The zero-order valence-corrected chi connectivity index (χ0v) is 14.5. The van der Waals surface area contributed by atoms with Crippen LogP contribution in [0.5, 0.6) is 5.75 Å². The Hall–Kier alpha value is -1.36. The molecular weight excluding hydrogens is 310 g/mol. The summed E-state index contributed by atoms with van der Waals surface area (Å²) in [5, 5.41) is 2.96. The average Bonchev–Trinajstić information content (AvgIpc) is 2.98. The summed E-state index contributed by atoms with van der Waals surface area (Å²) in [4.78, 5) is 12.4. The predicted molar refractivity (Wildman–Crippen MR) is 92.3 cm³/mol. The van der Waals surface area contributed by atoms with Crippen LogP contribution >= 0.6 is 0 Å². The van der Waals surface area contributed by atoms with Crippen LogP contribution in [0.4, 0.5) is 0 Å². The van der Waals surface area contributed by atoms with E-state index in [1.54, 1.807) is 12.3 Å². The second-order valence-electron chi connectivity index (χ2n) is 6.73. The fourth-order valence-electron chi connectivity index (χ4n) is 3.39. The standard InChI is InChI=1S/C18H25NO3S/c1-23(21)18(10-5-11-18)13-19-17(20)14-6-4-9-16(12-14)22-15-7-2-3-8-15/h4,6,9,12,15H,2-3,5,7-8,10-11,13H2,1H3,(H,19,20). The second kappa shape index (κ2) is 7.04. The van der Waals surface area contributed by atoms with Gasteiger partial charge in [-0.1, -0.05) is 12.5 Å². The molecule has 0 aromatic heterocycles. The van der Waals surface area contributed by atoms with Crippen molar-refractivity contribution in [2.24, 2.45) is 0 Å². The Bertz CT molecular complexity index is 592. The van der Waals surface area contributed by atoms with Crippen LogP contribution in [-0.2, 0) is 10.8 Å². The minimum atomic E-state index is -0.902.